The van der Waals surface area contributed by atoms with E-state index in [-0.39, 0.29) is 0 Å². The van der Waals surface area contributed by atoms with Crippen LogP contribution in [0.25, 0.3) is 0 Å². The second-order valence-corrected chi connectivity index (χ2v) is 4.57. The van der Waals surface area contributed by atoms with Gasteiger partial charge in [0.05, 0.1) is 12.5 Å². The molecule has 18 heavy (non-hydrogen) atoms. The van der Waals surface area contributed by atoms with Gasteiger partial charge in [0.25, 0.3) is 0 Å². The molecule has 0 aliphatic heterocycles. The molecular formula is C12H18BrN5. The minimum atomic E-state index is 0.488. The normalized spacial score (nSPS) is 9.89. The molecule has 1 rings (SSSR count). The van der Waals surface area contributed by atoms with Crippen molar-refractivity contribution in [3.8, 4) is 6.07 Å². The average Bonchev–Trinajstić information content (AvgIpc) is 2.40. The van der Waals surface area contributed by atoms with Crippen LogP contribution in [0.3, 0.4) is 0 Å². The number of nitriles is 1. The Kier molecular flexibility index (Phi) is 6.44. The Labute approximate surface area is 116 Å². The van der Waals surface area contributed by atoms with E-state index in [0.29, 0.717) is 13.0 Å². The largest absolute Gasteiger partial charge is 0.369 e. The molecule has 0 saturated heterocycles. The summed E-state index contributed by atoms with van der Waals surface area (Å²) in [5, 5.41) is 11.9. The third-order valence-corrected chi connectivity index (χ3v) is 3.22. The summed E-state index contributed by atoms with van der Waals surface area (Å²) in [6, 6.07) is 2.15. The van der Waals surface area contributed by atoms with Crippen molar-refractivity contribution in [2.45, 2.75) is 26.7 Å². The summed E-state index contributed by atoms with van der Waals surface area (Å²) in [5.41, 5.74) is 0. The van der Waals surface area contributed by atoms with E-state index in [2.05, 4.69) is 49.1 Å². The highest BCUT2D eigenvalue weighted by Gasteiger charge is 2.13. The molecule has 0 fully saturated rings. The van der Waals surface area contributed by atoms with Crippen molar-refractivity contribution in [3.05, 3.63) is 10.8 Å². The second-order valence-electron chi connectivity index (χ2n) is 3.77. The molecule has 0 spiro atoms. The summed E-state index contributed by atoms with van der Waals surface area (Å²) in [5.74, 6) is 1.64. The van der Waals surface area contributed by atoms with Gasteiger partial charge in [0.15, 0.2) is 0 Å². The molecule has 1 aromatic heterocycles. The van der Waals surface area contributed by atoms with Crippen LogP contribution in [0.15, 0.2) is 10.8 Å². The quantitative estimate of drug-likeness (QED) is 0.838. The molecule has 98 valence electrons. The highest BCUT2D eigenvalue weighted by molar-refractivity contribution is 9.10. The molecule has 0 atom stereocenters. The molecule has 5 nitrogen and oxygen atoms in total. The minimum absolute atomic E-state index is 0.488. The molecule has 0 bridgehead atoms. The summed E-state index contributed by atoms with van der Waals surface area (Å²) in [6.07, 6.45) is 3.08. The fourth-order valence-corrected chi connectivity index (χ4v) is 2.14. The predicted molar refractivity (Wildman–Crippen MR) is 76.6 cm³/mol. The van der Waals surface area contributed by atoms with Gasteiger partial charge in [-0.1, -0.05) is 6.92 Å². The molecule has 0 saturated carbocycles. The van der Waals surface area contributed by atoms with E-state index < -0.39 is 0 Å². The summed E-state index contributed by atoms with van der Waals surface area (Å²) in [7, 11) is 0. The predicted octanol–water partition coefficient (Wildman–Crippen LogP) is 2.80. The highest BCUT2D eigenvalue weighted by atomic mass is 79.9. The Balaban J connectivity index is 2.90. The lowest BCUT2D eigenvalue weighted by Gasteiger charge is -2.22. The molecule has 0 amide bonds. The topological polar surface area (TPSA) is 64.8 Å². The molecule has 0 aromatic carbocycles. The van der Waals surface area contributed by atoms with Crippen LogP contribution >= 0.6 is 15.9 Å². The number of nitrogens with one attached hydrogen (secondary N) is 1. The van der Waals surface area contributed by atoms with E-state index in [1.165, 1.54) is 0 Å². The molecule has 0 radical (unpaired) electrons. The number of hydrogen-bond acceptors (Lipinski definition) is 5. The van der Waals surface area contributed by atoms with Crippen molar-refractivity contribution in [2.75, 3.05) is 29.9 Å². The van der Waals surface area contributed by atoms with E-state index in [9.17, 15) is 0 Å². The maximum absolute atomic E-state index is 8.66. The van der Waals surface area contributed by atoms with Gasteiger partial charge in [-0.3, -0.25) is 0 Å². The van der Waals surface area contributed by atoms with Gasteiger partial charge in [0.1, 0.15) is 22.4 Å². The monoisotopic (exact) mass is 311 g/mol. The number of rotatable bonds is 7. The van der Waals surface area contributed by atoms with Crippen molar-refractivity contribution in [1.82, 2.24) is 9.97 Å². The van der Waals surface area contributed by atoms with Gasteiger partial charge in [-0.05, 0) is 29.3 Å². The van der Waals surface area contributed by atoms with Gasteiger partial charge in [0, 0.05) is 19.6 Å². The standard InChI is InChI=1S/C12H18BrN5/c1-3-7-15-11-10(13)12(17-9-16-11)18(4-2)8-5-6-14/h9H,3-5,7-8H2,1-2H3,(H,15,16,17). The Bertz CT molecular complexity index is 415. The van der Waals surface area contributed by atoms with E-state index in [1.54, 1.807) is 6.33 Å². The summed E-state index contributed by atoms with van der Waals surface area (Å²) < 4.78 is 0.859. The zero-order chi connectivity index (χ0) is 13.4. The van der Waals surface area contributed by atoms with Crippen molar-refractivity contribution in [1.29, 1.82) is 5.26 Å². The second kappa shape index (κ2) is 7.88. The van der Waals surface area contributed by atoms with Crippen LogP contribution in [0.5, 0.6) is 0 Å². The van der Waals surface area contributed by atoms with Crippen molar-refractivity contribution in [3.63, 3.8) is 0 Å². The Hall–Kier alpha value is -1.35. The van der Waals surface area contributed by atoms with Crippen LogP contribution < -0.4 is 10.2 Å². The third kappa shape index (κ3) is 3.84. The molecule has 0 aliphatic rings. The number of aromatic nitrogens is 2. The molecule has 1 heterocycles. The van der Waals surface area contributed by atoms with E-state index in [0.717, 1.165) is 35.6 Å². The lowest BCUT2D eigenvalue weighted by atomic mass is 10.3. The first-order chi connectivity index (χ1) is 8.74. The highest BCUT2D eigenvalue weighted by Crippen LogP contribution is 2.29. The summed E-state index contributed by atoms with van der Waals surface area (Å²) in [4.78, 5) is 10.6. The van der Waals surface area contributed by atoms with Crippen molar-refractivity contribution < 1.29 is 0 Å². The maximum atomic E-state index is 8.66. The fourth-order valence-electron chi connectivity index (χ4n) is 1.55. The maximum Gasteiger partial charge on any atom is 0.148 e. The van der Waals surface area contributed by atoms with Crippen LogP contribution in [0.2, 0.25) is 0 Å². The molecule has 0 aliphatic carbocycles. The van der Waals surface area contributed by atoms with Gasteiger partial charge < -0.3 is 10.2 Å². The Morgan fingerprint density at radius 3 is 2.83 bits per heavy atom. The lowest BCUT2D eigenvalue weighted by molar-refractivity contribution is 0.804. The van der Waals surface area contributed by atoms with Gasteiger partial charge in [-0.15, -0.1) is 0 Å². The molecule has 1 aromatic rings. The SMILES string of the molecule is CCCNc1ncnc(N(CC)CCC#N)c1Br. The zero-order valence-corrected chi connectivity index (χ0v) is 12.4. The Morgan fingerprint density at radius 1 is 1.44 bits per heavy atom. The smallest absolute Gasteiger partial charge is 0.148 e. The molecule has 0 unspecified atom stereocenters. The average molecular weight is 312 g/mol. The molecule has 6 heteroatoms. The van der Waals surface area contributed by atoms with Crippen molar-refractivity contribution in [2.24, 2.45) is 0 Å². The van der Waals surface area contributed by atoms with E-state index in [4.69, 9.17) is 5.26 Å². The van der Waals surface area contributed by atoms with Crippen LogP contribution in [0, 0.1) is 11.3 Å². The first-order valence-electron chi connectivity index (χ1n) is 6.10. The summed E-state index contributed by atoms with van der Waals surface area (Å²) in [6.45, 7) is 6.51. The lowest BCUT2D eigenvalue weighted by Crippen LogP contribution is -2.25. The van der Waals surface area contributed by atoms with Crippen molar-refractivity contribution >= 4 is 27.6 Å². The van der Waals surface area contributed by atoms with Crippen LogP contribution in [0.4, 0.5) is 11.6 Å². The molecular weight excluding hydrogens is 294 g/mol. The number of nitrogens with zero attached hydrogens (tertiary/aromatic N) is 4. The molecule has 1 N–H and O–H groups in total. The number of hydrogen-bond donors (Lipinski definition) is 1. The minimum Gasteiger partial charge on any atom is -0.369 e. The first-order valence-corrected chi connectivity index (χ1v) is 6.90. The van der Waals surface area contributed by atoms with Crippen LogP contribution in [-0.4, -0.2) is 29.6 Å². The number of anilines is 2. The summed E-state index contributed by atoms with van der Waals surface area (Å²) >= 11 is 3.53. The van der Waals surface area contributed by atoms with E-state index in [1.807, 2.05) is 6.92 Å². The van der Waals surface area contributed by atoms with E-state index >= 15 is 0 Å². The number of halogens is 1. The first kappa shape index (κ1) is 14.7. The fraction of sp³-hybridized carbons (Fsp3) is 0.583. The third-order valence-electron chi connectivity index (χ3n) is 2.49. The van der Waals surface area contributed by atoms with Gasteiger partial charge in [0.2, 0.25) is 0 Å². The van der Waals surface area contributed by atoms with Crippen LogP contribution in [-0.2, 0) is 0 Å². The van der Waals surface area contributed by atoms with Crippen LogP contribution in [0.1, 0.15) is 26.7 Å². The van der Waals surface area contributed by atoms with Gasteiger partial charge >= 0.3 is 0 Å². The Morgan fingerprint density at radius 2 is 2.22 bits per heavy atom. The zero-order valence-electron chi connectivity index (χ0n) is 10.8. The van der Waals surface area contributed by atoms with Gasteiger partial charge in [-0.25, -0.2) is 9.97 Å². The van der Waals surface area contributed by atoms with Gasteiger partial charge in [-0.2, -0.15) is 5.26 Å².